The van der Waals surface area contributed by atoms with E-state index in [1.807, 2.05) is 0 Å². The first-order valence-corrected chi connectivity index (χ1v) is 8.63. The summed E-state index contributed by atoms with van der Waals surface area (Å²) in [5.41, 5.74) is 5.95. The Morgan fingerprint density at radius 2 is 2.00 bits per heavy atom. The molecule has 1 aromatic carbocycles. The number of hydrogen-bond donors (Lipinski definition) is 2. The standard InChI is InChI=1S/C12H14Br2N2O2S/c1-2-3-4-5-6-16-19(17,18)12-10(14)7-9(13)8-11(12)15/h1,7-8,16H,3-6,15H2. The number of anilines is 1. The minimum atomic E-state index is -3.62. The Morgan fingerprint density at radius 3 is 2.58 bits per heavy atom. The molecule has 0 bridgehead atoms. The van der Waals surface area contributed by atoms with Crippen LogP contribution >= 0.6 is 31.9 Å². The molecule has 104 valence electrons. The lowest BCUT2D eigenvalue weighted by Gasteiger charge is -2.11. The SMILES string of the molecule is C#CCCCCNS(=O)(=O)c1c(N)cc(Br)cc1Br. The van der Waals surface area contributed by atoms with E-state index in [0.717, 1.165) is 6.42 Å². The summed E-state index contributed by atoms with van der Waals surface area (Å²) < 4.78 is 27.9. The molecule has 0 amide bonds. The van der Waals surface area contributed by atoms with Crippen molar-refractivity contribution in [1.29, 1.82) is 0 Å². The molecule has 4 nitrogen and oxygen atoms in total. The van der Waals surface area contributed by atoms with Gasteiger partial charge in [0.05, 0.1) is 5.69 Å². The second-order valence-corrected chi connectivity index (χ2v) is 7.34. The Hall–Kier alpha value is -0.550. The quantitative estimate of drug-likeness (QED) is 0.431. The van der Waals surface area contributed by atoms with Crippen LogP contribution in [0.25, 0.3) is 0 Å². The van der Waals surface area contributed by atoms with Gasteiger partial charge in [-0.05, 0) is 40.9 Å². The molecule has 1 rings (SSSR count). The van der Waals surface area contributed by atoms with E-state index in [-0.39, 0.29) is 10.6 Å². The van der Waals surface area contributed by atoms with Crippen LogP contribution in [0.15, 0.2) is 26.0 Å². The molecule has 0 radical (unpaired) electrons. The van der Waals surface area contributed by atoms with Crippen molar-refractivity contribution in [3.8, 4) is 12.3 Å². The van der Waals surface area contributed by atoms with E-state index in [2.05, 4.69) is 42.5 Å². The van der Waals surface area contributed by atoms with Gasteiger partial charge in [0.2, 0.25) is 10.0 Å². The Kier molecular flexibility index (Phi) is 6.33. The van der Waals surface area contributed by atoms with Crippen LogP contribution in [0.1, 0.15) is 19.3 Å². The highest BCUT2D eigenvalue weighted by atomic mass is 79.9. The van der Waals surface area contributed by atoms with Gasteiger partial charge in [-0.25, -0.2) is 13.1 Å². The number of nitrogens with one attached hydrogen (secondary N) is 1. The first-order chi connectivity index (χ1) is 8.88. The van der Waals surface area contributed by atoms with Crippen LogP contribution in [0.5, 0.6) is 0 Å². The molecule has 19 heavy (non-hydrogen) atoms. The summed E-state index contributed by atoms with van der Waals surface area (Å²) in [7, 11) is -3.62. The molecule has 0 aliphatic rings. The molecule has 0 aliphatic heterocycles. The molecule has 0 aromatic heterocycles. The molecule has 1 aromatic rings. The minimum Gasteiger partial charge on any atom is -0.398 e. The average molecular weight is 410 g/mol. The number of benzene rings is 1. The van der Waals surface area contributed by atoms with Gasteiger partial charge in [-0.15, -0.1) is 12.3 Å². The Bertz CT molecular complexity index is 571. The normalized spacial score (nSPS) is 11.2. The van der Waals surface area contributed by atoms with E-state index < -0.39 is 10.0 Å². The van der Waals surface area contributed by atoms with Crippen LogP contribution < -0.4 is 10.5 Å². The topological polar surface area (TPSA) is 72.2 Å². The van der Waals surface area contributed by atoms with Crippen LogP contribution in [-0.4, -0.2) is 15.0 Å². The van der Waals surface area contributed by atoms with Gasteiger partial charge in [0.1, 0.15) is 4.90 Å². The van der Waals surface area contributed by atoms with Crippen molar-refractivity contribution in [3.05, 3.63) is 21.1 Å². The van der Waals surface area contributed by atoms with Gasteiger partial charge in [-0.1, -0.05) is 15.9 Å². The summed E-state index contributed by atoms with van der Waals surface area (Å²) >= 11 is 6.46. The molecule has 0 unspecified atom stereocenters. The number of nitrogens with two attached hydrogens (primary N) is 1. The fraction of sp³-hybridized carbons (Fsp3) is 0.333. The van der Waals surface area contributed by atoms with E-state index in [9.17, 15) is 8.42 Å². The third-order valence-electron chi connectivity index (χ3n) is 2.35. The first kappa shape index (κ1) is 16.5. The average Bonchev–Trinajstić information content (AvgIpc) is 2.26. The van der Waals surface area contributed by atoms with E-state index in [1.165, 1.54) is 0 Å². The number of sulfonamides is 1. The molecular formula is C12H14Br2N2O2S. The summed E-state index contributed by atoms with van der Waals surface area (Å²) in [6.07, 6.45) is 7.25. The molecule has 0 aliphatic carbocycles. The van der Waals surface area contributed by atoms with Crippen molar-refractivity contribution in [1.82, 2.24) is 4.72 Å². The van der Waals surface area contributed by atoms with Gasteiger partial charge in [0.25, 0.3) is 0 Å². The Balaban J connectivity index is 2.81. The molecule has 0 saturated carbocycles. The van der Waals surface area contributed by atoms with E-state index in [4.69, 9.17) is 12.2 Å². The molecule has 0 saturated heterocycles. The second-order valence-electron chi connectivity index (χ2n) is 3.86. The molecule has 3 N–H and O–H groups in total. The van der Waals surface area contributed by atoms with Crippen LogP contribution in [0.4, 0.5) is 5.69 Å². The lowest BCUT2D eigenvalue weighted by atomic mass is 10.2. The fourth-order valence-corrected chi connectivity index (χ4v) is 4.63. The van der Waals surface area contributed by atoms with Crippen molar-refractivity contribution < 1.29 is 8.42 Å². The van der Waals surface area contributed by atoms with Crippen molar-refractivity contribution in [3.63, 3.8) is 0 Å². The largest absolute Gasteiger partial charge is 0.398 e. The van der Waals surface area contributed by atoms with E-state index in [1.54, 1.807) is 12.1 Å². The van der Waals surface area contributed by atoms with Gasteiger partial charge in [-0.2, -0.15) is 0 Å². The summed E-state index contributed by atoms with van der Waals surface area (Å²) in [5.74, 6) is 2.51. The van der Waals surface area contributed by atoms with Crippen LogP contribution in [0, 0.1) is 12.3 Å². The van der Waals surface area contributed by atoms with E-state index >= 15 is 0 Å². The zero-order valence-corrected chi connectivity index (χ0v) is 14.1. The molecule has 7 heteroatoms. The molecular weight excluding hydrogens is 396 g/mol. The summed E-state index contributed by atoms with van der Waals surface area (Å²) in [4.78, 5) is 0.0626. The molecule has 0 heterocycles. The molecule has 0 fully saturated rings. The van der Waals surface area contributed by atoms with Gasteiger partial charge >= 0.3 is 0 Å². The maximum absolute atomic E-state index is 12.1. The maximum Gasteiger partial charge on any atom is 0.243 e. The number of hydrogen-bond acceptors (Lipinski definition) is 3. The third-order valence-corrected chi connectivity index (χ3v) is 5.27. The summed E-state index contributed by atoms with van der Waals surface area (Å²) in [5, 5.41) is 0. The highest BCUT2D eigenvalue weighted by molar-refractivity contribution is 9.11. The predicted molar refractivity (Wildman–Crippen MR) is 84.1 cm³/mol. The minimum absolute atomic E-state index is 0.0626. The third kappa shape index (κ3) is 4.80. The van der Waals surface area contributed by atoms with Crippen molar-refractivity contribution in [2.45, 2.75) is 24.2 Å². The fourth-order valence-electron chi connectivity index (χ4n) is 1.49. The van der Waals surface area contributed by atoms with Gasteiger partial charge in [0, 0.05) is 21.9 Å². The maximum atomic E-state index is 12.1. The number of rotatable bonds is 6. The van der Waals surface area contributed by atoms with Crippen LogP contribution in [0.2, 0.25) is 0 Å². The van der Waals surface area contributed by atoms with Gasteiger partial charge in [0.15, 0.2) is 0 Å². The second kappa shape index (κ2) is 7.29. The van der Waals surface area contributed by atoms with Crippen molar-refractivity contribution in [2.24, 2.45) is 0 Å². The highest BCUT2D eigenvalue weighted by Crippen LogP contribution is 2.31. The lowest BCUT2D eigenvalue weighted by Crippen LogP contribution is -2.26. The van der Waals surface area contributed by atoms with Gasteiger partial charge < -0.3 is 5.73 Å². The summed E-state index contributed by atoms with van der Waals surface area (Å²) in [6.45, 7) is 0.339. The number of halogens is 2. The zero-order valence-electron chi connectivity index (χ0n) is 10.1. The van der Waals surface area contributed by atoms with Gasteiger partial charge in [-0.3, -0.25) is 0 Å². The smallest absolute Gasteiger partial charge is 0.243 e. The first-order valence-electron chi connectivity index (χ1n) is 5.56. The molecule has 0 atom stereocenters. The zero-order chi connectivity index (χ0) is 14.5. The number of unbranched alkanes of at least 4 members (excludes halogenated alkanes) is 2. The number of terminal acetylenes is 1. The van der Waals surface area contributed by atoms with Crippen molar-refractivity contribution >= 4 is 47.6 Å². The highest BCUT2D eigenvalue weighted by Gasteiger charge is 2.20. The van der Waals surface area contributed by atoms with Crippen LogP contribution in [0.3, 0.4) is 0 Å². The Morgan fingerprint density at radius 1 is 1.32 bits per heavy atom. The lowest BCUT2D eigenvalue weighted by molar-refractivity contribution is 0.577. The van der Waals surface area contributed by atoms with E-state index in [0.29, 0.717) is 28.3 Å². The monoisotopic (exact) mass is 408 g/mol. The number of nitrogen functional groups attached to an aromatic ring is 1. The van der Waals surface area contributed by atoms with Crippen LogP contribution in [-0.2, 0) is 10.0 Å². The Labute approximate surface area is 130 Å². The predicted octanol–water partition coefficient (Wildman–Crippen LogP) is 2.88. The molecule has 0 spiro atoms. The van der Waals surface area contributed by atoms with Crippen molar-refractivity contribution in [2.75, 3.05) is 12.3 Å². The summed E-state index contributed by atoms with van der Waals surface area (Å²) in [6, 6.07) is 3.20.